The number of alkyl halides is 5. The predicted octanol–water partition coefficient (Wildman–Crippen LogP) is 1.81. The van der Waals surface area contributed by atoms with Gasteiger partial charge in [-0.3, -0.25) is 5.01 Å². The highest BCUT2D eigenvalue weighted by molar-refractivity contribution is 5.76. The first-order valence-corrected chi connectivity index (χ1v) is 8.71. The maximum Gasteiger partial charge on any atom is 0.425 e. The van der Waals surface area contributed by atoms with Crippen LogP contribution in [0.15, 0.2) is 4.52 Å². The molecular weight excluding hydrogens is 419 g/mol. The van der Waals surface area contributed by atoms with Crippen LogP contribution in [-0.2, 0) is 6.54 Å². The van der Waals surface area contributed by atoms with Crippen LogP contribution >= 0.6 is 0 Å². The molecule has 1 saturated heterocycles. The van der Waals surface area contributed by atoms with Crippen LogP contribution in [0.2, 0.25) is 0 Å². The van der Waals surface area contributed by atoms with Crippen molar-refractivity contribution in [2.75, 3.05) is 28.7 Å². The lowest BCUT2D eigenvalue weighted by Crippen LogP contribution is -2.35. The van der Waals surface area contributed by atoms with Crippen LogP contribution in [0.5, 0.6) is 6.01 Å². The number of hydrogen-bond acceptors (Lipinski definition) is 10. The van der Waals surface area contributed by atoms with E-state index in [1.807, 2.05) is 0 Å². The molecule has 3 heterocycles. The van der Waals surface area contributed by atoms with Gasteiger partial charge in [0.25, 0.3) is 5.92 Å². The molecule has 2 aromatic heterocycles. The van der Waals surface area contributed by atoms with Gasteiger partial charge in [-0.1, -0.05) is 5.16 Å². The molecular formula is C15H19F5N8O2. The summed E-state index contributed by atoms with van der Waals surface area (Å²) in [4.78, 5) is 12.8. The molecule has 166 valence electrons. The smallest absolute Gasteiger partial charge is 0.425 e. The second-order valence-electron chi connectivity index (χ2n) is 6.76. The first-order valence-electron chi connectivity index (χ1n) is 8.71. The van der Waals surface area contributed by atoms with Crippen LogP contribution in [0.4, 0.5) is 39.3 Å². The Bertz CT molecular complexity index is 906. The van der Waals surface area contributed by atoms with Crippen LogP contribution in [0.25, 0.3) is 0 Å². The highest BCUT2D eigenvalue weighted by atomic mass is 19.4. The van der Waals surface area contributed by atoms with Gasteiger partial charge in [-0.2, -0.15) is 28.1 Å². The Balaban J connectivity index is 1.97. The van der Waals surface area contributed by atoms with E-state index >= 15 is 0 Å². The second kappa shape index (κ2) is 7.70. The van der Waals surface area contributed by atoms with Crippen molar-refractivity contribution in [3.8, 4) is 6.01 Å². The SMILES string of the molecule is Cc1noc(CN(N)c2nc(O[C@@H](C)C(F)(F)F)nc(N3CCC(F)(F)C3)c2N)n1. The molecule has 15 heteroatoms. The number of nitrogens with two attached hydrogens (primary N) is 2. The molecule has 0 unspecified atom stereocenters. The highest BCUT2D eigenvalue weighted by Gasteiger charge is 2.41. The zero-order valence-corrected chi connectivity index (χ0v) is 16.0. The lowest BCUT2D eigenvalue weighted by atomic mass is 10.3. The van der Waals surface area contributed by atoms with E-state index in [0.717, 1.165) is 16.8 Å². The third-order valence-corrected chi connectivity index (χ3v) is 4.24. The highest BCUT2D eigenvalue weighted by Crippen LogP contribution is 2.37. The van der Waals surface area contributed by atoms with Crippen molar-refractivity contribution in [3.05, 3.63) is 11.7 Å². The minimum Gasteiger partial charge on any atom is -0.451 e. The molecule has 2 aromatic rings. The van der Waals surface area contributed by atoms with Gasteiger partial charge in [0.2, 0.25) is 5.89 Å². The van der Waals surface area contributed by atoms with E-state index in [4.69, 9.17) is 20.8 Å². The summed E-state index contributed by atoms with van der Waals surface area (Å²) in [6.07, 6.45) is -7.42. The van der Waals surface area contributed by atoms with Gasteiger partial charge < -0.3 is 19.9 Å². The van der Waals surface area contributed by atoms with Gasteiger partial charge in [0.05, 0.1) is 6.54 Å². The monoisotopic (exact) mass is 438 g/mol. The van der Waals surface area contributed by atoms with Crippen LogP contribution in [0.1, 0.15) is 25.1 Å². The van der Waals surface area contributed by atoms with E-state index in [-0.39, 0.29) is 36.3 Å². The molecule has 0 radical (unpaired) electrons. The number of aromatic nitrogens is 4. The Hall–Kier alpha value is -2.97. The van der Waals surface area contributed by atoms with E-state index in [1.54, 1.807) is 6.92 Å². The normalized spacial score (nSPS) is 17.3. The van der Waals surface area contributed by atoms with Gasteiger partial charge in [0.15, 0.2) is 23.6 Å². The van der Waals surface area contributed by atoms with Crippen molar-refractivity contribution >= 4 is 17.3 Å². The average molecular weight is 438 g/mol. The summed E-state index contributed by atoms with van der Waals surface area (Å²) < 4.78 is 75.7. The van der Waals surface area contributed by atoms with E-state index in [9.17, 15) is 22.0 Å². The minimum absolute atomic E-state index is 0.0772. The summed E-state index contributed by atoms with van der Waals surface area (Å²) in [5.41, 5.74) is 5.81. The number of ether oxygens (including phenoxy) is 1. The summed E-state index contributed by atoms with van der Waals surface area (Å²) in [5, 5.41) is 4.52. The van der Waals surface area contributed by atoms with E-state index in [2.05, 4.69) is 20.1 Å². The Morgan fingerprint density at radius 1 is 1.30 bits per heavy atom. The number of nitrogens with zero attached hydrogens (tertiary/aromatic N) is 6. The molecule has 0 spiro atoms. The number of nitrogen functional groups attached to an aromatic ring is 1. The molecule has 1 aliphatic heterocycles. The molecule has 0 aliphatic carbocycles. The summed E-state index contributed by atoms with van der Waals surface area (Å²) in [7, 11) is 0. The molecule has 0 amide bonds. The fourth-order valence-electron chi connectivity index (χ4n) is 2.71. The first-order chi connectivity index (χ1) is 13.9. The maximum absolute atomic E-state index is 13.7. The fraction of sp³-hybridized carbons (Fsp3) is 0.600. The Morgan fingerprint density at radius 3 is 2.53 bits per heavy atom. The molecule has 10 nitrogen and oxygen atoms in total. The van der Waals surface area contributed by atoms with Crippen molar-refractivity contribution < 1.29 is 31.2 Å². The van der Waals surface area contributed by atoms with Gasteiger partial charge in [-0.05, 0) is 13.8 Å². The fourth-order valence-corrected chi connectivity index (χ4v) is 2.71. The molecule has 3 rings (SSSR count). The number of hydrogen-bond donors (Lipinski definition) is 2. The Morgan fingerprint density at radius 2 is 2.00 bits per heavy atom. The number of aryl methyl sites for hydroxylation is 1. The molecule has 0 saturated carbocycles. The molecule has 30 heavy (non-hydrogen) atoms. The van der Waals surface area contributed by atoms with E-state index < -0.39 is 37.2 Å². The number of halogens is 5. The van der Waals surface area contributed by atoms with Gasteiger partial charge in [0.1, 0.15) is 12.2 Å². The quantitative estimate of drug-likeness (QED) is 0.391. The van der Waals surface area contributed by atoms with Gasteiger partial charge in [-0.25, -0.2) is 14.6 Å². The first kappa shape index (κ1) is 21.7. The topological polar surface area (TPSA) is 132 Å². The maximum atomic E-state index is 13.7. The zero-order chi connectivity index (χ0) is 22.3. The molecule has 0 bridgehead atoms. The van der Waals surface area contributed by atoms with Gasteiger partial charge in [-0.15, -0.1) is 0 Å². The second-order valence-corrected chi connectivity index (χ2v) is 6.76. The third-order valence-electron chi connectivity index (χ3n) is 4.24. The van der Waals surface area contributed by atoms with Crippen LogP contribution in [0, 0.1) is 6.92 Å². The third kappa shape index (κ3) is 4.77. The van der Waals surface area contributed by atoms with Crippen molar-refractivity contribution in [1.29, 1.82) is 0 Å². The van der Waals surface area contributed by atoms with Gasteiger partial charge in [0, 0.05) is 13.0 Å². The van der Waals surface area contributed by atoms with E-state index in [0.29, 0.717) is 5.82 Å². The minimum atomic E-state index is -4.70. The number of hydrazine groups is 1. The Kier molecular flexibility index (Phi) is 5.58. The van der Waals surface area contributed by atoms with Crippen molar-refractivity contribution in [3.63, 3.8) is 0 Å². The Labute approximate surface area is 167 Å². The van der Waals surface area contributed by atoms with E-state index in [1.165, 1.54) is 0 Å². The number of rotatable bonds is 6. The molecule has 1 aliphatic rings. The zero-order valence-electron chi connectivity index (χ0n) is 16.0. The van der Waals surface area contributed by atoms with Crippen LogP contribution in [0.3, 0.4) is 0 Å². The van der Waals surface area contributed by atoms with Crippen LogP contribution < -0.4 is 26.2 Å². The largest absolute Gasteiger partial charge is 0.451 e. The standard InChI is InChI=1S/C15H19F5N8O2/c1-7(15(18,19)20)29-13-24-11(27-4-3-14(16,17)6-27)10(21)12(25-13)28(22)5-9-23-8(2)26-30-9/h7H,3-6,21-22H2,1-2H3/t7-/m0/s1. The molecule has 4 N–H and O–H groups in total. The summed E-state index contributed by atoms with van der Waals surface area (Å²) in [6, 6.07) is -0.716. The number of anilines is 3. The van der Waals surface area contributed by atoms with Crippen molar-refractivity contribution in [2.24, 2.45) is 5.84 Å². The lowest BCUT2D eigenvalue weighted by Gasteiger charge is -2.25. The summed E-state index contributed by atoms with van der Waals surface area (Å²) in [6.45, 7) is 1.30. The summed E-state index contributed by atoms with van der Waals surface area (Å²) in [5.74, 6) is 2.89. The van der Waals surface area contributed by atoms with Crippen molar-refractivity contribution in [1.82, 2.24) is 20.1 Å². The molecule has 1 fully saturated rings. The van der Waals surface area contributed by atoms with Crippen molar-refractivity contribution in [2.45, 2.75) is 45.0 Å². The predicted molar refractivity (Wildman–Crippen MR) is 93.8 cm³/mol. The molecule has 1 atom stereocenters. The average Bonchev–Trinajstić information content (AvgIpc) is 3.20. The van der Waals surface area contributed by atoms with Gasteiger partial charge >= 0.3 is 12.2 Å². The molecule has 0 aromatic carbocycles. The summed E-state index contributed by atoms with van der Waals surface area (Å²) >= 11 is 0. The lowest BCUT2D eigenvalue weighted by molar-refractivity contribution is -0.190. The van der Waals surface area contributed by atoms with Crippen LogP contribution in [-0.4, -0.2) is 51.4 Å².